The highest BCUT2D eigenvalue weighted by atomic mass is 16.7. The minimum Gasteiger partial charge on any atom is -0.457 e. The largest absolute Gasteiger partial charge is 0.457 e. The van der Waals surface area contributed by atoms with Crippen molar-refractivity contribution in [2.24, 2.45) is 4.99 Å². The van der Waals surface area contributed by atoms with Crippen LogP contribution in [0.3, 0.4) is 0 Å². The van der Waals surface area contributed by atoms with Gasteiger partial charge in [-0.1, -0.05) is 17.1 Å². The summed E-state index contributed by atoms with van der Waals surface area (Å²) >= 11 is 0. The molecule has 0 unspecified atom stereocenters. The molecular weight excluding hydrogens is 308 g/mol. The fourth-order valence-corrected chi connectivity index (χ4v) is 1.60. The zero-order valence-electron chi connectivity index (χ0n) is 13.7. The lowest BCUT2D eigenvalue weighted by Gasteiger charge is -2.04. The summed E-state index contributed by atoms with van der Waals surface area (Å²) in [4.78, 5) is 8.34. The third-order valence-corrected chi connectivity index (χ3v) is 2.68. The minimum atomic E-state index is 0.0401. The Morgan fingerprint density at radius 3 is 2.83 bits per heavy atom. The molecule has 7 nitrogen and oxygen atoms in total. The van der Waals surface area contributed by atoms with Gasteiger partial charge >= 0.3 is 0 Å². The Labute approximate surface area is 142 Å². The van der Waals surface area contributed by atoms with Crippen LogP contribution in [0.5, 0.6) is 0 Å². The molecule has 1 aromatic rings. The maximum atomic E-state index is 5.33. The van der Waals surface area contributed by atoms with Crippen molar-refractivity contribution in [3.8, 4) is 0 Å². The highest BCUT2D eigenvalue weighted by Gasteiger charge is 2.01. The minimum absolute atomic E-state index is 0.0401. The van der Waals surface area contributed by atoms with E-state index in [4.69, 9.17) is 19.6 Å². The molecule has 0 bridgehead atoms. The van der Waals surface area contributed by atoms with Crippen molar-refractivity contribution >= 4 is 12.6 Å². The second-order valence-corrected chi connectivity index (χ2v) is 4.58. The molecule has 0 saturated carbocycles. The molecule has 1 heterocycles. The number of aliphatic imine (C=N–C) groups is 1. The van der Waals surface area contributed by atoms with Crippen LogP contribution in [0.15, 0.2) is 60.7 Å². The van der Waals surface area contributed by atoms with Crippen molar-refractivity contribution in [1.82, 2.24) is 4.98 Å². The van der Waals surface area contributed by atoms with Crippen molar-refractivity contribution in [3.63, 3.8) is 0 Å². The van der Waals surface area contributed by atoms with Gasteiger partial charge in [0.25, 0.3) is 6.33 Å². The van der Waals surface area contributed by atoms with Gasteiger partial charge in [0, 0.05) is 25.0 Å². The summed E-state index contributed by atoms with van der Waals surface area (Å²) in [5.74, 6) is 0. The lowest BCUT2D eigenvalue weighted by atomic mass is 10.3. The van der Waals surface area contributed by atoms with Gasteiger partial charge in [0.05, 0.1) is 11.9 Å². The van der Waals surface area contributed by atoms with Crippen molar-refractivity contribution < 1.29 is 24.2 Å². The molecule has 128 valence electrons. The molecule has 0 fully saturated rings. The molecule has 2 N–H and O–H groups in total. The van der Waals surface area contributed by atoms with Crippen LogP contribution in [0, 0.1) is 0 Å². The van der Waals surface area contributed by atoms with Crippen LogP contribution in [0.2, 0.25) is 0 Å². The Balaban J connectivity index is 2.13. The molecule has 7 heteroatoms. The molecule has 0 spiro atoms. The highest BCUT2D eigenvalue weighted by Crippen LogP contribution is 2.01. The molecular formula is C17H24N4O3+2. The van der Waals surface area contributed by atoms with E-state index in [1.807, 2.05) is 18.3 Å². The molecule has 0 radical (unpaired) electrons. The number of aromatic nitrogens is 2. The van der Waals surface area contributed by atoms with Crippen LogP contribution in [0.25, 0.3) is 0 Å². The second-order valence-electron chi connectivity index (χ2n) is 4.58. The van der Waals surface area contributed by atoms with Gasteiger partial charge in [-0.2, -0.15) is 0 Å². The van der Waals surface area contributed by atoms with Crippen LogP contribution < -0.4 is 9.98 Å². The van der Waals surface area contributed by atoms with E-state index in [1.165, 1.54) is 12.6 Å². The summed E-state index contributed by atoms with van der Waals surface area (Å²) < 4.78 is 17.4. The molecule has 0 aliphatic carbocycles. The van der Waals surface area contributed by atoms with Gasteiger partial charge in [-0.15, -0.1) is 13.2 Å². The summed E-state index contributed by atoms with van der Waals surface area (Å²) in [7, 11) is 0. The fraction of sp³-hybridized carbons (Fsp3) is 0.294. The topological polar surface area (TPSA) is 82.4 Å². The zero-order valence-corrected chi connectivity index (χ0v) is 13.7. The first-order chi connectivity index (χ1) is 11.8. The SMILES string of the molecule is C=CC/C(=C/C=[NH2+])N=COCOCOC[n+]1ccc(CC=C)nc1. The number of allylic oxidation sites excluding steroid dienone is 3. The molecule has 0 atom stereocenters. The highest BCUT2D eigenvalue weighted by molar-refractivity contribution is 5.67. The van der Waals surface area contributed by atoms with E-state index in [2.05, 4.69) is 23.1 Å². The van der Waals surface area contributed by atoms with Crippen LogP contribution >= 0.6 is 0 Å². The summed E-state index contributed by atoms with van der Waals surface area (Å²) in [6.07, 6.45) is 12.9. The first-order valence-corrected chi connectivity index (χ1v) is 7.39. The van der Waals surface area contributed by atoms with Crippen molar-refractivity contribution in [2.75, 3.05) is 13.6 Å². The van der Waals surface area contributed by atoms with Gasteiger partial charge in [0.15, 0.2) is 38.6 Å². The molecule has 0 aliphatic heterocycles. The average molecular weight is 332 g/mol. The van der Waals surface area contributed by atoms with Gasteiger partial charge in [0.2, 0.25) is 0 Å². The van der Waals surface area contributed by atoms with E-state index < -0.39 is 0 Å². The quantitative estimate of drug-likeness (QED) is 0.141. The number of rotatable bonds is 13. The van der Waals surface area contributed by atoms with E-state index in [1.54, 1.807) is 23.0 Å². The molecule has 0 saturated heterocycles. The summed E-state index contributed by atoms with van der Waals surface area (Å²) in [6.45, 7) is 7.79. The van der Waals surface area contributed by atoms with Gasteiger partial charge in [-0.3, -0.25) is 5.41 Å². The lowest BCUT2D eigenvalue weighted by molar-refractivity contribution is -0.737. The smallest absolute Gasteiger partial charge is 0.288 e. The monoisotopic (exact) mass is 332 g/mol. The number of hydrogen-bond acceptors (Lipinski definition) is 5. The predicted octanol–water partition coefficient (Wildman–Crippen LogP) is 0.338. The Bertz CT molecular complexity index is 568. The Morgan fingerprint density at radius 1 is 1.29 bits per heavy atom. The fourth-order valence-electron chi connectivity index (χ4n) is 1.60. The van der Waals surface area contributed by atoms with Crippen molar-refractivity contribution in [1.29, 1.82) is 0 Å². The van der Waals surface area contributed by atoms with Gasteiger partial charge < -0.3 is 14.2 Å². The van der Waals surface area contributed by atoms with E-state index in [0.29, 0.717) is 13.2 Å². The summed E-state index contributed by atoms with van der Waals surface area (Å²) in [5, 5.41) is 5.31. The Kier molecular flexibility index (Phi) is 10.4. The predicted molar refractivity (Wildman–Crippen MR) is 90.7 cm³/mol. The van der Waals surface area contributed by atoms with Crippen LogP contribution in [-0.4, -0.2) is 31.2 Å². The first kappa shape index (κ1) is 19.4. The second kappa shape index (κ2) is 12.9. The third-order valence-electron chi connectivity index (χ3n) is 2.68. The zero-order chi connectivity index (χ0) is 17.5. The average Bonchev–Trinajstić information content (AvgIpc) is 2.59. The lowest BCUT2D eigenvalue weighted by Crippen LogP contribution is -2.35. The molecule has 0 aromatic carbocycles. The van der Waals surface area contributed by atoms with Crippen LogP contribution in [0.1, 0.15) is 12.1 Å². The van der Waals surface area contributed by atoms with E-state index >= 15 is 0 Å². The maximum absolute atomic E-state index is 5.33. The van der Waals surface area contributed by atoms with E-state index in [9.17, 15) is 0 Å². The molecule has 24 heavy (non-hydrogen) atoms. The summed E-state index contributed by atoms with van der Waals surface area (Å²) in [5.41, 5.74) is 1.70. The molecule has 1 aromatic heterocycles. The van der Waals surface area contributed by atoms with Gasteiger partial charge in [0.1, 0.15) is 0 Å². The standard InChI is InChI=1S/C17H23N4O3/c1-3-5-16(7-9-18)20-12-22-14-24-15-23-13-21-10-8-17(6-4-2)19-11-21/h3-4,7-12,18H,1-2,5-6,13-15H2/q+1/p+1/b16-7-,18-9?,20-12?. The van der Waals surface area contributed by atoms with Crippen molar-refractivity contribution in [3.05, 3.63) is 61.4 Å². The number of ether oxygens (including phenoxy) is 3. The summed E-state index contributed by atoms with van der Waals surface area (Å²) in [6, 6.07) is 1.92. The number of hydrogen-bond donors (Lipinski definition) is 1. The van der Waals surface area contributed by atoms with E-state index in [-0.39, 0.29) is 13.6 Å². The molecule has 0 amide bonds. The maximum Gasteiger partial charge on any atom is 0.288 e. The van der Waals surface area contributed by atoms with E-state index in [0.717, 1.165) is 17.8 Å². The van der Waals surface area contributed by atoms with Gasteiger partial charge in [-0.05, 0) is 0 Å². The number of nitrogens with zero attached hydrogens (tertiary/aromatic N) is 3. The third kappa shape index (κ3) is 8.72. The normalized spacial score (nSPS) is 11.4. The van der Waals surface area contributed by atoms with Crippen LogP contribution in [0.4, 0.5) is 0 Å². The van der Waals surface area contributed by atoms with Crippen molar-refractivity contribution in [2.45, 2.75) is 19.6 Å². The molecule has 1 rings (SSSR count). The van der Waals surface area contributed by atoms with Crippen LogP contribution in [-0.2, 0) is 27.4 Å². The Hall–Kier alpha value is -2.64. The molecule has 0 aliphatic rings. The number of nitrogens with two attached hydrogens (primary N) is 1. The Morgan fingerprint density at radius 2 is 2.17 bits per heavy atom. The van der Waals surface area contributed by atoms with Gasteiger partial charge in [-0.25, -0.2) is 9.56 Å². The first-order valence-electron chi connectivity index (χ1n) is 7.39.